The van der Waals surface area contributed by atoms with Crippen LogP contribution in [0, 0.1) is 0 Å². The molecule has 1 heterocycles. The van der Waals surface area contributed by atoms with Crippen LogP contribution in [-0.2, 0) is 9.47 Å². The van der Waals surface area contributed by atoms with E-state index in [0.717, 1.165) is 13.0 Å². The minimum atomic E-state index is -0.358. The summed E-state index contributed by atoms with van der Waals surface area (Å²) in [7, 11) is 0. The molecule has 0 aromatic heterocycles. The Kier molecular flexibility index (Phi) is 2.01. The zero-order valence-electron chi connectivity index (χ0n) is 7.60. The lowest BCUT2D eigenvalue weighted by Crippen LogP contribution is -2.23. The Bertz CT molecular complexity index is 187. The Morgan fingerprint density at radius 1 is 1.42 bits per heavy atom. The van der Waals surface area contributed by atoms with Gasteiger partial charge in [-0.3, -0.25) is 0 Å². The second kappa shape index (κ2) is 2.69. The molecule has 2 nitrogen and oxygen atoms in total. The van der Waals surface area contributed by atoms with Crippen LogP contribution in [0.25, 0.3) is 0 Å². The van der Waals surface area contributed by atoms with E-state index in [1.165, 1.54) is 12.8 Å². The first-order valence-corrected chi connectivity index (χ1v) is 5.29. The largest absolute Gasteiger partial charge is 0.348 e. The minimum Gasteiger partial charge on any atom is -0.348 e. The van der Waals surface area contributed by atoms with E-state index in [1.54, 1.807) is 0 Å². The third-order valence-corrected chi connectivity index (χ3v) is 3.57. The molecule has 0 radical (unpaired) electrons. The van der Waals surface area contributed by atoms with E-state index in [2.05, 4.69) is 15.9 Å². The van der Waals surface area contributed by atoms with Crippen LogP contribution < -0.4 is 0 Å². The van der Waals surface area contributed by atoms with Gasteiger partial charge in [0.05, 0.1) is 12.7 Å². The van der Waals surface area contributed by atoms with E-state index < -0.39 is 0 Å². The Balaban J connectivity index is 1.84. The molecule has 1 aliphatic carbocycles. The standard InChI is InChI=1S/C9H15BrO2/c1-8(2)11-6-7(12-8)5-9(10)3-4-9/h7H,3-6H2,1-2H3/t7-/m0/s1. The topological polar surface area (TPSA) is 18.5 Å². The predicted octanol–water partition coefficient (Wildman–Crippen LogP) is 2.46. The lowest BCUT2D eigenvalue weighted by molar-refractivity contribution is -0.139. The molecular formula is C9H15BrO2. The maximum Gasteiger partial charge on any atom is 0.163 e. The molecule has 0 N–H and O–H groups in total. The van der Waals surface area contributed by atoms with Gasteiger partial charge in [0.25, 0.3) is 0 Å². The summed E-state index contributed by atoms with van der Waals surface area (Å²) in [4.78, 5) is 0. The number of hydrogen-bond acceptors (Lipinski definition) is 2. The van der Waals surface area contributed by atoms with Crippen molar-refractivity contribution in [3.05, 3.63) is 0 Å². The first-order chi connectivity index (χ1) is 5.49. The van der Waals surface area contributed by atoms with Crippen molar-refractivity contribution in [3.63, 3.8) is 0 Å². The highest BCUT2D eigenvalue weighted by Crippen LogP contribution is 2.49. The summed E-state index contributed by atoms with van der Waals surface area (Å²) < 4.78 is 11.6. The highest BCUT2D eigenvalue weighted by Gasteiger charge is 2.45. The average molecular weight is 235 g/mol. The number of halogens is 1. The van der Waals surface area contributed by atoms with Crippen LogP contribution in [0.3, 0.4) is 0 Å². The Morgan fingerprint density at radius 3 is 2.50 bits per heavy atom. The maximum atomic E-state index is 5.71. The van der Waals surface area contributed by atoms with Crippen molar-refractivity contribution in [3.8, 4) is 0 Å². The van der Waals surface area contributed by atoms with Crippen molar-refractivity contribution in [1.29, 1.82) is 0 Å². The van der Waals surface area contributed by atoms with Crippen molar-refractivity contribution < 1.29 is 9.47 Å². The molecule has 2 rings (SSSR count). The molecule has 0 amide bonds. The average Bonchev–Trinajstić information content (AvgIpc) is 2.53. The number of hydrogen-bond donors (Lipinski definition) is 0. The summed E-state index contributed by atoms with van der Waals surface area (Å²) in [5.74, 6) is -0.358. The van der Waals surface area contributed by atoms with Crippen molar-refractivity contribution in [1.82, 2.24) is 0 Å². The van der Waals surface area contributed by atoms with Crippen molar-refractivity contribution in [2.45, 2.75) is 49.3 Å². The van der Waals surface area contributed by atoms with Gasteiger partial charge in [-0.1, -0.05) is 15.9 Å². The maximum absolute atomic E-state index is 5.71. The second-order valence-corrected chi connectivity index (χ2v) is 5.99. The lowest BCUT2D eigenvalue weighted by atomic mass is 10.2. The van der Waals surface area contributed by atoms with Gasteiger partial charge in [-0.25, -0.2) is 0 Å². The van der Waals surface area contributed by atoms with E-state index in [0.29, 0.717) is 10.4 Å². The molecule has 70 valence electrons. The van der Waals surface area contributed by atoms with Gasteiger partial charge in [0.2, 0.25) is 0 Å². The molecule has 3 heteroatoms. The van der Waals surface area contributed by atoms with Gasteiger partial charge in [0, 0.05) is 4.32 Å². The van der Waals surface area contributed by atoms with Crippen LogP contribution in [0.1, 0.15) is 33.1 Å². The zero-order chi connectivity index (χ0) is 8.82. The molecule has 1 aliphatic heterocycles. The van der Waals surface area contributed by atoms with Crippen LogP contribution in [-0.4, -0.2) is 22.8 Å². The van der Waals surface area contributed by atoms with Crippen molar-refractivity contribution in [2.24, 2.45) is 0 Å². The molecule has 0 unspecified atom stereocenters. The highest BCUT2D eigenvalue weighted by molar-refractivity contribution is 9.10. The molecule has 1 saturated heterocycles. The molecule has 0 aromatic carbocycles. The summed E-state index contributed by atoms with van der Waals surface area (Å²) in [5, 5.41) is 0. The Morgan fingerprint density at radius 2 is 2.08 bits per heavy atom. The molecule has 0 spiro atoms. The summed E-state index contributed by atoms with van der Waals surface area (Å²) in [6.45, 7) is 4.70. The third-order valence-electron chi connectivity index (χ3n) is 2.45. The van der Waals surface area contributed by atoms with Crippen molar-refractivity contribution >= 4 is 15.9 Å². The third kappa shape index (κ3) is 2.01. The van der Waals surface area contributed by atoms with Crippen LogP contribution in [0.5, 0.6) is 0 Å². The van der Waals surface area contributed by atoms with Crippen LogP contribution in [0.2, 0.25) is 0 Å². The molecule has 0 bridgehead atoms. The quantitative estimate of drug-likeness (QED) is 0.684. The normalized spacial score (nSPS) is 36.8. The fourth-order valence-electron chi connectivity index (χ4n) is 1.61. The van der Waals surface area contributed by atoms with Gasteiger partial charge >= 0.3 is 0 Å². The first-order valence-electron chi connectivity index (χ1n) is 4.50. The van der Waals surface area contributed by atoms with Gasteiger partial charge in [0.15, 0.2) is 5.79 Å². The van der Waals surface area contributed by atoms with Gasteiger partial charge in [-0.05, 0) is 33.1 Å². The van der Waals surface area contributed by atoms with E-state index in [9.17, 15) is 0 Å². The van der Waals surface area contributed by atoms with E-state index in [1.807, 2.05) is 13.8 Å². The smallest absolute Gasteiger partial charge is 0.163 e. The fourth-order valence-corrected chi connectivity index (χ4v) is 2.17. The lowest BCUT2D eigenvalue weighted by Gasteiger charge is -2.18. The molecule has 2 fully saturated rings. The minimum absolute atomic E-state index is 0.293. The van der Waals surface area contributed by atoms with Crippen LogP contribution in [0.4, 0.5) is 0 Å². The molecular weight excluding hydrogens is 220 g/mol. The molecule has 0 aromatic rings. The van der Waals surface area contributed by atoms with Crippen molar-refractivity contribution in [2.75, 3.05) is 6.61 Å². The Labute approximate surface area is 81.7 Å². The summed E-state index contributed by atoms with van der Waals surface area (Å²) in [5.41, 5.74) is 0. The molecule has 2 aliphatic rings. The van der Waals surface area contributed by atoms with E-state index >= 15 is 0 Å². The highest BCUT2D eigenvalue weighted by atomic mass is 79.9. The van der Waals surface area contributed by atoms with Crippen LogP contribution in [0.15, 0.2) is 0 Å². The fraction of sp³-hybridized carbons (Fsp3) is 1.00. The van der Waals surface area contributed by atoms with E-state index in [4.69, 9.17) is 9.47 Å². The van der Waals surface area contributed by atoms with E-state index in [-0.39, 0.29) is 5.79 Å². The number of alkyl halides is 1. The monoisotopic (exact) mass is 234 g/mol. The zero-order valence-corrected chi connectivity index (χ0v) is 9.19. The number of rotatable bonds is 2. The SMILES string of the molecule is CC1(C)OC[C@H](CC2(Br)CC2)O1. The van der Waals surface area contributed by atoms with Gasteiger partial charge in [-0.2, -0.15) is 0 Å². The molecule has 1 atom stereocenters. The van der Waals surface area contributed by atoms with Gasteiger partial charge in [0.1, 0.15) is 0 Å². The Hall–Kier alpha value is 0.400. The molecule has 12 heavy (non-hydrogen) atoms. The van der Waals surface area contributed by atoms with Gasteiger partial charge < -0.3 is 9.47 Å². The summed E-state index contributed by atoms with van der Waals surface area (Å²) in [6.07, 6.45) is 3.96. The number of ether oxygens (including phenoxy) is 2. The summed E-state index contributed by atoms with van der Waals surface area (Å²) in [6, 6.07) is 0. The second-order valence-electron chi connectivity index (χ2n) is 4.31. The predicted molar refractivity (Wildman–Crippen MR) is 50.4 cm³/mol. The van der Waals surface area contributed by atoms with Crippen LogP contribution >= 0.6 is 15.9 Å². The first kappa shape index (κ1) is 8.97. The van der Waals surface area contributed by atoms with Gasteiger partial charge in [-0.15, -0.1) is 0 Å². The molecule has 1 saturated carbocycles. The summed E-state index contributed by atoms with van der Waals surface area (Å²) >= 11 is 3.70.